The summed E-state index contributed by atoms with van der Waals surface area (Å²) in [4.78, 5) is 10.3. The minimum Gasteiger partial charge on any atom is -0.507 e. The van der Waals surface area contributed by atoms with Gasteiger partial charge in [-0.05, 0) is 55.7 Å². The highest BCUT2D eigenvalue weighted by Gasteiger charge is 2.05. The summed E-state index contributed by atoms with van der Waals surface area (Å²) in [5.74, 6) is -1.31. The van der Waals surface area contributed by atoms with Crippen molar-refractivity contribution in [3.8, 4) is 5.75 Å². The second kappa shape index (κ2) is 6.61. The second-order valence-electron chi connectivity index (χ2n) is 4.54. The van der Waals surface area contributed by atoms with Gasteiger partial charge in [-0.25, -0.2) is 4.79 Å². The predicted octanol–water partition coefficient (Wildman–Crippen LogP) is 3.28. The van der Waals surface area contributed by atoms with E-state index in [1.54, 1.807) is 12.1 Å². The number of aromatic hydroxyl groups is 1. The molecule has 4 heteroatoms. The Hall–Kier alpha value is -2.49. The topological polar surface area (TPSA) is 83.6 Å². The molecule has 0 aliphatic rings. The zero-order chi connectivity index (χ0) is 15.3. The van der Waals surface area contributed by atoms with Crippen LogP contribution < -0.4 is 5.73 Å². The van der Waals surface area contributed by atoms with Gasteiger partial charge < -0.3 is 15.9 Å². The van der Waals surface area contributed by atoms with E-state index < -0.39 is 5.97 Å². The van der Waals surface area contributed by atoms with Gasteiger partial charge in [0.25, 0.3) is 0 Å². The lowest BCUT2D eigenvalue weighted by molar-refractivity contribution is 0.0693. The summed E-state index contributed by atoms with van der Waals surface area (Å²) in [6.45, 7) is 6.25. The first-order chi connectivity index (χ1) is 9.34. The van der Waals surface area contributed by atoms with E-state index >= 15 is 0 Å². The molecule has 0 saturated carbocycles. The molecule has 0 amide bonds. The van der Waals surface area contributed by atoms with Gasteiger partial charge in [0, 0.05) is 5.69 Å². The van der Waals surface area contributed by atoms with Crippen molar-refractivity contribution in [2.45, 2.75) is 20.8 Å². The van der Waals surface area contributed by atoms with Crippen molar-refractivity contribution in [3.63, 3.8) is 0 Å². The summed E-state index contributed by atoms with van der Waals surface area (Å²) >= 11 is 0. The van der Waals surface area contributed by atoms with Crippen LogP contribution in [0.2, 0.25) is 0 Å². The SMILES string of the molecule is Cc1ccc(N)c(C)c1C.O=C(O)c1ccccc1O. The molecule has 106 valence electrons. The van der Waals surface area contributed by atoms with E-state index in [0.29, 0.717) is 0 Å². The number of aromatic carboxylic acids is 1. The molecule has 0 radical (unpaired) electrons. The van der Waals surface area contributed by atoms with Crippen LogP contribution in [0.3, 0.4) is 0 Å². The molecule has 2 rings (SSSR count). The molecule has 0 bridgehead atoms. The van der Waals surface area contributed by atoms with Crippen molar-refractivity contribution in [1.82, 2.24) is 0 Å². The fourth-order valence-corrected chi connectivity index (χ4v) is 1.63. The van der Waals surface area contributed by atoms with Gasteiger partial charge in [0.1, 0.15) is 11.3 Å². The van der Waals surface area contributed by atoms with Crippen LogP contribution in [-0.4, -0.2) is 16.2 Å². The summed E-state index contributed by atoms with van der Waals surface area (Å²) in [5.41, 5.74) is 10.3. The summed E-state index contributed by atoms with van der Waals surface area (Å²) in [6.07, 6.45) is 0. The first-order valence-electron chi connectivity index (χ1n) is 6.18. The second-order valence-corrected chi connectivity index (χ2v) is 4.54. The molecule has 4 nitrogen and oxygen atoms in total. The molecular formula is C16H19NO3. The molecule has 0 heterocycles. The van der Waals surface area contributed by atoms with Crippen molar-refractivity contribution >= 4 is 11.7 Å². The van der Waals surface area contributed by atoms with Gasteiger partial charge in [-0.15, -0.1) is 0 Å². The minimum atomic E-state index is -1.11. The summed E-state index contributed by atoms with van der Waals surface area (Å²) in [6, 6.07) is 9.82. The maximum Gasteiger partial charge on any atom is 0.339 e. The van der Waals surface area contributed by atoms with E-state index in [1.807, 2.05) is 6.07 Å². The fraction of sp³-hybridized carbons (Fsp3) is 0.188. The number of rotatable bonds is 1. The third kappa shape index (κ3) is 3.75. The highest BCUT2D eigenvalue weighted by Crippen LogP contribution is 2.18. The van der Waals surface area contributed by atoms with E-state index in [4.69, 9.17) is 15.9 Å². The Morgan fingerprint density at radius 2 is 1.60 bits per heavy atom. The lowest BCUT2D eigenvalue weighted by Crippen LogP contribution is -1.95. The average Bonchev–Trinajstić information content (AvgIpc) is 2.42. The third-order valence-electron chi connectivity index (χ3n) is 3.23. The number of hydrogen-bond donors (Lipinski definition) is 3. The lowest BCUT2D eigenvalue weighted by Gasteiger charge is -2.05. The molecule has 0 aromatic heterocycles. The molecule has 20 heavy (non-hydrogen) atoms. The average molecular weight is 273 g/mol. The summed E-state index contributed by atoms with van der Waals surface area (Å²) < 4.78 is 0. The van der Waals surface area contributed by atoms with Crippen molar-refractivity contribution in [2.24, 2.45) is 0 Å². The molecular weight excluding hydrogens is 254 g/mol. The molecule has 0 spiro atoms. The van der Waals surface area contributed by atoms with E-state index in [1.165, 1.54) is 28.8 Å². The summed E-state index contributed by atoms with van der Waals surface area (Å²) in [7, 11) is 0. The number of phenols is 1. The predicted molar refractivity (Wildman–Crippen MR) is 80.1 cm³/mol. The Morgan fingerprint density at radius 3 is 2.05 bits per heavy atom. The number of benzene rings is 2. The number of nitrogen functional groups attached to an aromatic ring is 1. The molecule has 0 unspecified atom stereocenters. The first kappa shape index (κ1) is 15.6. The zero-order valence-electron chi connectivity index (χ0n) is 11.8. The van der Waals surface area contributed by atoms with Crippen LogP contribution in [0, 0.1) is 20.8 Å². The Labute approximate surface area is 118 Å². The molecule has 0 aliphatic heterocycles. The molecule has 4 N–H and O–H groups in total. The number of aryl methyl sites for hydroxylation is 1. The maximum atomic E-state index is 10.3. The largest absolute Gasteiger partial charge is 0.507 e. The van der Waals surface area contributed by atoms with Crippen molar-refractivity contribution in [3.05, 3.63) is 58.7 Å². The van der Waals surface area contributed by atoms with E-state index in [2.05, 4.69) is 26.8 Å². The number of hydrogen-bond acceptors (Lipinski definition) is 3. The molecule has 0 saturated heterocycles. The van der Waals surface area contributed by atoms with Crippen LogP contribution in [0.25, 0.3) is 0 Å². The van der Waals surface area contributed by atoms with Crippen LogP contribution in [0.15, 0.2) is 36.4 Å². The summed E-state index contributed by atoms with van der Waals surface area (Å²) in [5, 5.41) is 17.3. The standard InChI is InChI=1S/C9H13N.C7H6O3/c1-6-4-5-9(10)8(3)7(6)2;8-6-4-2-1-3-5(6)7(9)10/h4-5H,10H2,1-3H3;1-4,8H,(H,9,10). The van der Waals surface area contributed by atoms with Gasteiger partial charge in [-0.2, -0.15) is 0 Å². The number of carbonyl (C=O) groups is 1. The lowest BCUT2D eigenvalue weighted by atomic mass is 10.0. The van der Waals surface area contributed by atoms with Crippen molar-refractivity contribution < 1.29 is 15.0 Å². The number of para-hydroxylation sites is 1. The number of carboxylic acids is 1. The molecule has 2 aromatic carbocycles. The Morgan fingerprint density at radius 1 is 1.00 bits per heavy atom. The van der Waals surface area contributed by atoms with Crippen LogP contribution in [-0.2, 0) is 0 Å². The molecule has 2 aromatic rings. The maximum absolute atomic E-state index is 10.3. The van der Waals surface area contributed by atoms with Gasteiger partial charge in [0.2, 0.25) is 0 Å². The molecule has 0 atom stereocenters. The monoisotopic (exact) mass is 273 g/mol. The number of nitrogens with two attached hydrogens (primary N) is 1. The highest BCUT2D eigenvalue weighted by molar-refractivity contribution is 5.90. The minimum absolute atomic E-state index is 0.0671. The highest BCUT2D eigenvalue weighted by atomic mass is 16.4. The van der Waals surface area contributed by atoms with Crippen LogP contribution in [0.5, 0.6) is 5.75 Å². The normalized spacial score (nSPS) is 9.55. The van der Waals surface area contributed by atoms with Crippen LogP contribution in [0.4, 0.5) is 5.69 Å². The van der Waals surface area contributed by atoms with Crippen LogP contribution >= 0.6 is 0 Å². The number of anilines is 1. The third-order valence-corrected chi connectivity index (χ3v) is 3.23. The fourth-order valence-electron chi connectivity index (χ4n) is 1.63. The van der Waals surface area contributed by atoms with Gasteiger partial charge in [-0.1, -0.05) is 18.2 Å². The molecule has 0 fully saturated rings. The zero-order valence-corrected chi connectivity index (χ0v) is 11.8. The first-order valence-corrected chi connectivity index (χ1v) is 6.18. The van der Waals surface area contributed by atoms with E-state index in [-0.39, 0.29) is 11.3 Å². The van der Waals surface area contributed by atoms with Gasteiger partial charge >= 0.3 is 5.97 Å². The van der Waals surface area contributed by atoms with Crippen molar-refractivity contribution in [2.75, 3.05) is 5.73 Å². The molecule has 0 aliphatic carbocycles. The van der Waals surface area contributed by atoms with Gasteiger partial charge in [0.15, 0.2) is 0 Å². The van der Waals surface area contributed by atoms with Gasteiger partial charge in [0.05, 0.1) is 0 Å². The quantitative estimate of drug-likeness (QED) is 0.696. The Bertz CT molecular complexity index is 594. The van der Waals surface area contributed by atoms with Crippen molar-refractivity contribution in [1.29, 1.82) is 0 Å². The van der Waals surface area contributed by atoms with Crippen LogP contribution in [0.1, 0.15) is 27.0 Å². The Balaban J connectivity index is 0.000000200. The van der Waals surface area contributed by atoms with E-state index in [9.17, 15) is 4.79 Å². The smallest absolute Gasteiger partial charge is 0.339 e. The van der Waals surface area contributed by atoms with Gasteiger partial charge in [-0.3, -0.25) is 0 Å². The Kier molecular flexibility index (Phi) is 5.15. The van der Waals surface area contributed by atoms with E-state index in [0.717, 1.165) is 5.69 Å². The number of carboxylic acid groups (broad SMARTS) is 1.